The van der Waals surface area contributed by atoms with Crippen LogP contribution in [-0.4, -0.2) is 24.6 Å². The minimum absolute atomic E-state index is 0.164. The van der Waals surface area contributed by atoms with Crippen LogP contribution in [0.1, 0.15) is 24.8 Å². The van der Waals surface area contributed by atoms with Crippen LogP contribution in [0.15, 0.2) is 24.3 Å². The minimum Gasteiger partial charge on any atom is -0.405 e. The molecule has 0 aromatic heterocycles. The maximum absolute atomic E-state index is 12.3. The van der Waals surface area contributed by atoms with E-state index in [1.807, 2.05) is 0 Å². The molecular formula is C15H20F3NO2. The van der Waals surface area contributed by atoms with Gasteiger partial charge in [0, 0.05) is 18.7 Å². The van der Waals surface area contributed by atoms with E-state index in [0.717, 1.165) is 19.3 Å². The molecule has 1 aliphatic rings. The lowest BCUT2D eigenvalue weighted by molar-refractivity contribution is -0.274. The molecule has 1 aliphatic carbocycles. The molecule has 0 spiro atoms. The van der Waals surface area contributed by atoms with Gasteiger partial charge in [-0.3, -0.25) is 0 Å². The third-order valence-electron chi connectivity index (χ3n) is 3.97. The van der Waals surface area contributed by atoms with Crippen molar-refractivity contribution < 1.29 is 23.0 Å². The number of para-hydroxylation sites is 1. The Morgan fingerprint density at radius 3 is 2.62 bits per heavy atom. The zero-order valence-electron chi connectivity index (χ0n) is 11.7. The Morgan fingerprint density at radius 2 is 1.90 bits per heavy atom. The van der Waals surface area contributed by atoms with Crippen molar-refractivity contribution in [3.63, 3.8) is 0 Å². The molecule has 3 nitrogen and oxygen atoms in total. The molecule has 21 heavy (non-hydrogen) atoms. The van der Waals surface area contributed by atoms with E-state index in [0.29, 0.717) is 30.5 Å². The van der Waals surface area contributed by atoms with Gasteiger partial charge in [0.25, 0.3) is 0 Å². The van der Waals surface area contributed by atoms with E-state index >= 15 is 0 Å². The van der Waals surface area contributed by atoms with Gasteiger partial charge < -0.3 is 15.2 Å². The van der Waals surface area contributed by atoms with Crippen LogP contribution in [-0.2, 0) is 6.54 Å². The van der Waals surface area contributed by atoms with E-state index in [1.54, 1.807) is 12.1 Å². The van der Waals surface area contributed by atoms with Gasteiger partial charge in [0.1, 0.15) is 5.75 Å². The highest BCUT2D eigenvalue weighted by atomic mass is 19.4. The summed E-state index contributed by atoms with van der Waals surface area (Å²) in [6.07, 6.45) is -1.50. The third-order valence-corrected chi connectivity index (χ3v) is 3.97. The topological polar surface area (TPSA) is 41.5 Å². The van der Waals surface area contributed by atoms with E-state index < -0.39 is 6.36 Å². The summed E-state index contributed by atoms with van der Waals surface area (Å²) in [5.41, 5.74) is 0.480. The first-order valence-electron chi connectivity index (χ1n) is 7.15. The summed E-state index contributed by atoms with van der Waals surface area (Å²) in [7, 11) is 0. The van der Waals surface area contributed by atoms with E-state index in [-0.39, 0.29) is 12.4 Å². The molecule has 0 heterocycles. The van der Waals surface area contributed by atoms with Gasteiger partial charge in [-0.05, 0) is 37.3 Å². The van der Waals surface area contributed by atoms with E-state index in [2.05, 4.69) is 10.1 Å². The molecule has 6 heteroatoms. The van der Waals surface area contributed by atoms with Gasteiger partial charge in [-0.1, -0.05) is 24.6 Å². The molecule has 1 aromatic carbocycles. The first-order chi connectivity index (χ1) is 9.99. The van der Waals surface area contributed by atoms with Crippen molar-refractivity contribution in [3.8, 4) is 5.75 Å². The average Bonchev–Trinajstić information content (AvgIpc) is 2.86. The van der Waals surface area contributed by atoms with Crippen LogP contribution in [0.25, 0.3) is 0 Å². The third kappa shape index (κ3) is 4.89. The SMILES string of the molecule is OCC1CCCC1CNCc1ccccc1OC(F)(F)F. The van der Waals surface area contributed by atoms with Crippen LogP contribution in [0, 0.1) is 11.8 Å². The lowest BCUT2D eigenvalue weighted by Crippen LogP contribution is -2.27. The van der Waals surface area contributed by atoms with Gasteiger partial charge in [0.2, 0.25) is 0 Å². The lowest BCUT2D eigenvalue weighted by atomic mass is 9.97. The van der Waals surface area contributed by atoms with Gasteiger partial charge in [-0.2, -0.15) is 0 Å². The maximum Gasteiger partial charge on any atom is 0.573 e. The van der Waals surface area contributed by atoms with Crippen LogP contribution in [0.2, 0.25) is 0 Å². The number of rotatable bonds is 6. The molecule has 0 aliphatic heterocycles. The monoisotopic (exact) mass is 303 g/mol. The standard InChI is InChI=1S/C15H20F3NO2/c16-15(17,18)21-14-7-2-1-4-12(14)9-19-8-11-5-3-6-13(11)10-20/h1-2,4,7,11,13,19-20H,3,5-6,8-10H2. The van der Waals surface area contributed by atoms with E-state index in [1.165, 1.54) is 12.1 Å². The molecule has 1 fully saturated rings. The van der Waals surface area contributed by atoms with Crippen LogP contribution in [0.4, 0.5) is 13.2 Å². The van der Waals surface area contributed by atoms with E-state index in [9.17, 15) is 18.3 Å². The highest BCUT2D eigenvalue weighted by Crippen LogP contribution is 2.31. The molecule has 0 radical (unpaired) electrons. The summed E-state index contributed by atoms with van der Waals surface area (Å²) in [4.78, 5) is 0. The Morgan fingerprint density at radius 1 is 1.19 bits per heavy atom. The highest BCUT2D eigenvalue weighted by Gasteiger charge is 2.32. The smallest absolute Gasteiger partial charge is 0.405 e. The molecule has 1 aromatic rings. The van der Waals surface area contributed by atoms with Gasteiger partial charge in [-0.15, -0.1) is 13.2 Å². The number of benzene rings is 1. The number of nitrogens with one attached hydrogen (secondary N) is 1. The van der Waals surface area contributed by atoms with Crippen molar-refractivity contribution in [2.24, 2.45) is 11.8 Å². The largest absolute Gasteiger partial charge is 0.573 e. The summed E-state index contributed by atoms with van der Waals surface area (Å²) < 4.78 is 41.0. The summed E-state index contributed by atoms with van der Waals surface area (Å²) in [5.74, 6) is 0.535. The van der Waals surface area contributed by atoms with Crippen molar-refractivity contribution in [3.05, 3.63) is 29.8 Å². The first-order valence-corrected chi connectivity index (χ1v) is 7.15. The molecule has 2 rings (SSSR count). The number of aliphatic hydroxyl groups is 1. The second kappa shape index (κ2) is 7.13. The van der Waals surface area contributed by atoms with Crippen molar-refractivity contribution >= 4 is 0 Å². The Bertz CT molecular complexity index is 451. The fourth-order valence-electron chi connectivity index (χ4n) is 2.89. The zero-order valence-corrected chi connectivity index (χ0v) is 11.7. The molecule has 0 bridgehead atoms. The van der Waals surface area contributed by atoms with Gasteiger partial charge >= 0.3 is 6.36 Å². The predicted octanol–water partition coefficient (Wildman–Crippen LogP) is 3.08. The van der Waals surface area contributed by atoms with Crippen molar-refractivity contribution in [2.75, 3.05) is 13.2 Å². The number of ether oxygens (including phenoxy) is 1. The molecular weight excluding hydrogens is 283 g/mol. The fourth-order valence-corrected chi connectivity index (χ4v) is 2.89. The molecule has 1 saturated carbocycles. The van der Waals surface area contributed by atoms with Gasteiger partial charge in [0.05, 0.1) is 0 Å². The van der Waals surface area contributed by atoms with Crippen molar-refractivity contribution in [2.45, 2.75) is 32.2 Å². The number of hydrogen-bond acceptors (Lipinski definition) is 3. The van der Waals surface area contributed by atoms with Crippen LogP contribution >= 0.6 is 0 Å². The number of alkyl halides is 3. The van der Waals surface area contributed by atoms with E-state index in [4.69, 9.17) is 0 Å². The summed E-state index contributed by atoms with van der Waals surface area (Å²) in [6.45, 7) is 1.20. The zero-order chi connectivity index (χ0) is 15.3. The number of hydrogen-bond donors (Lipinski definition) is 2. The highest BCUT2D eigenvalue weighted by molar-refractivity contribution is 5.33. The van der Waals surface area contributed by atoms with Crippen molar-refractivity contribution in [1.82, 2.24) is 5.32 Å². The van der Waals surface area contributed by atoms with Crippen LogP contribution < -0.4 is 10.1 Å². The van der Waals surface area contributed by atoms with Crippen molar-refractivity contribution in [1.29, 1.82) is 0 Å². The average molecular weight is 303 g/mol. The Kier molecular flexibility index (Phi) is 5.47. The molecule has 2 N–H and O–H groups in total. The molecule has 118 valence electrons. The summed E-state index contributed by atoms with van der Waals surface area (Å²) in [5, 5.41) is 12.4. The van der Waals surface area contributed by atoms with Crippen LogP contribution in [0.3, 0.4) is 0 Å². The Balaban J connectivity index is 1.88. The fraction of sp³-hybridized carbons (Fsp3) is 0.600. The normalized spacial score (nSPS) is 22.5. The molecule has 0 saturated heterocycles. The quantitative estimate of drug-likeness (QED) is 0.848. The Hall–Kier alpha value is -1.27. The first kappa shape index (κ1) is 16.1. The second-order valence-electron chi connectivity index (χ2n) is 5.42. The summed E-state index contributed by atoms with van der Waals surface area (Å²) >= 11 is 0. The van der Waals surface area contributed by atoms with Gasteiger partial charge in [-0.25, -0.2) is 0 Å². The lowest BCUT2D eigenvalue weighted by Gasteiger charge is -2.19. The Labute approximate surface area is 122 Å². The minimum atomic E-state index is -4.68. The number of halogens is 3. The van der Waals surface area contributed by atoms with Crippen LogP contribution in [0.5, 0.6) is 5.75 Å². The summed E-state index contributed by atoms with van der Waals surface area (Å²) in [6, 6.07) is 6.14. The second-order valence-corrected chi connectivity index (χ2v) is 5.42. The van der Waals surface area contributed by atoms with Gasteiger partial charge in [0.15, 0.2) is 0 Å². The predicted molar refractivity (Wildman–Crippen MR) is 72.7 cm³/mol. The number of aliphatic hydroxyl groups excluding tert-OH is 1. The maximum atomic E-state index is 12.3. The molecule has 2 atom stereocenters. The molecule has 0 amide bonds. The molecule has 2 unspecified atom stereocenters.